The molecule has 0 aliphatic heterocycles. The zero-order chi connectivity index (χ0) is 10.1. The zero-order valence-corrected chi connectivity index (χ0v) is 16.6. The fraction of sp³-hybridized carbons (Fsp3) is 0.143. The van der Waals surface area contributed by atoms with Crippen LogP contribution >= 0.6 is 79.0 Å². The van der Waals surface area contributed by atoms with E-state index in [-0.39, 0.29) is 11.7 Å². The first-order chi connectivity index (χ1) is 5.74. The predicted octanol–water partition coefficient (Wildman–Crippen LogP) is 4.19. The molecule has 0 radical (unpaired) electrons. The van der Waals surface area contributed by atoms with Crippen LogP contribution in [0.15, 0.2) is 24.3 Å². The molecule has 0 fully saturated rings. The molecule has 1 rings (SSSR count). The van der Waals surface area contributed by atoms with E-state index in [4.69, 9.17) is 0 Å². The monoisotopic (exact) mass is 716 g/mol. The molecule has 0 heterocycles. The third kappa shape index (κ3) is 6.01. The van der Waals surface area contributed by atoms with Crippen LogP contribution in [0.4, 0.5) is 0 Å². The molecular weight excluding hydrogens is 709 g/mol. The van der Waals surface area contributed by atoms with Crippen molar-refractivity contribution in [3.05, 3.63) is 24.3 Å². The first kappa shape index (κ1) is 13.6. The molecule has 0 spiro atoms. The van der Waals surface area contributed by atoms with Gasteiger partial charge in [-0.1, -0.05) is 0 Å². The Kier molecular flexibility index (Phi) is 5.06. The Morgan fingerprint density at radius 3 is 2.31 bits per heavy atom. The van der Waals surface area contributed by atoms with Crippen LogP contribution in [-0.4, -0.2) is 10.4 Å². The van der Waals surface area contributed by atoms with Crippen molar-refractivity contribution >= 4 is 89.4 Å². The van der Waals surface area contributed by atoms with E-state index in [9.17, 15) is 4.79 Å². The Labute approximate surface area is 121 Å². The Morgan fingerprint density at radius 2 is 1.85 bits per heavy atom. The van der Waals surface area contributed by atoms with Crippen molar-refractivity contribution in [2.75, 3.05) is 0 Å². The molecule has 6 heteroatoms. The molecule has 1 aliphatic rings. The summed E-state index contributed by atoms with van der Waals surface area (Å²) in [6.45, 7) is 0. The second kappa shape index (κ2) is 4.83. The molecule has 0 aromatic rings. The Morgan fingerprint density at radius 1 is 1.23 bits per heavy atom. The van der Waals surface area contributed by atoms with Crippen molar-refractivity contribution < 1.29 is 3.89 Å². The molecule has 76 valence electrons. The summed E-state index contributed by atoms with van der Waals surface area (Å²) in [6, 6.07) is 0. The predicted molar refractivity (Wildman–Crippen MR) is 88.9 cm³/mol. The van der Waals surface area contributed by atoms with Crippen molar-refractivity contribution in [2.45, 2.75) is 0 Å². The fourth-order valence-corrected chi connectivity index (χ4v) is 8.73. The van der Waals surface area contributed by atoms with Gasteiger partial charge in [0.25, 0.3) is 0 Å². The first-order valence-electron chi connectivity index (χ1n) is 3.19. The molecule has 0 N–H and O–H groups in total. The molecule has 0 saturated heterocycles. The molecule has 0 aromatic heterocycles. The van der Waals surface area contributed by atoms with Gasteiger partial charge in [-0.2, -0.15) is 0 Å². The summed E-state index contributed by atoms with van der Waals surface area (Å²) in [4.78, 5) is 11.5. The molecule has 1 unspecified atom stereocenters. The minimum absolute atomic E-state index is 0.00196. The SMILES string of the molecule is O=C1C=CC=CC1[CH]=[Ru]([I])([I])([I])[I]. The Balaban J connectivity index is 3.01. The Bertz CT molecular complexity index is 339. The topological polar surface area (TPSA) is 17.1 Å². The molecule has 0 saturated carbocycles. The summed E-state index contributed by atoms with van der Waals surface area (Å²) in [5.74, 6) is 0.203. The maximum absolute atomic E-state index is 11.5. The molecule has 1 nitrogen and oxygen atoms in total. The third-order valence-corrected chi connectivity index (χ3v) is 8.84. The fourth-order valence-electron chi connectivity index (χ4n) is 0.830. The van der Waals surface area contributed by atoms with E-state index in [1.807, 2.05) is 12.2 Å². The van der Waals surface area contributed by atoms with Gasteiger partial charge in [0.05, 0.1) is 0 Å². The van der Waals surface area contributed by atoms with Crippen molar-refractivity contribution in [3.8, 4) is 0 Å². The van der Waals surface area contributed by atoms with Gasteiger partial charge >= 0.3 is 124 Å². The number of hydrogen-bond donors (Lipinski definition) is 0. The van der Waals surface area contributed by atoms with E-state index >= 15 is 0 Å². The summed E-state index contributed by atoms with van der Waals surface area (Å²) in [5.41, 5.74) is 0. The molecule has 0 bridgehead atoms. The molecule has 1 aliphatic carbocycles. The zero-order valence-electron chi connectivity index (χ0n) is 6.24. The van der Waals surface area contributed by atoms with E-state index in [2.05, 4.69) is 83.6 Å². The summed E-state index contributed by atoms with van der Waals surface area (Å²) in [7, 11) is 0. The summed E-state index contributed by atoms with van der Waals surface area (Å²) in [5, 5.41) is 0. The number of allylic oxidation sites excluding steroid dienone is 4. The number of carbonyl (C=O) groups is 1. The third-order valence-electron chi connectivity index (χ3n) is 1.32. The number of ketones is 1. The van der Waals surface area contributed by atoms with Gasteiger partial charge < -0.3 is 0 Å². The molecule has 1 atom stereocenters. The maximum atomic E-state index is 11.5. The Hall–Kier alpha value is 2.56. The number of hydrogen-bond acceptors (Lipinski definition) is 1. The molecule has 0 aromatic carbocycles. The van der Waals surface area contributed by atoms with Crippen molar-refractivity contribution in [1.29, 1.82) is 0 Å². The van der Waals surface area contributed by atoms with Gasteiger partial charge in [0.15, 0.2) is 0 Å². The van der Waals surface area contributed by atoms with E-state index < -0.39 is -0.908 Å². The summed E-state index contributed by atoms with van der Waals surface area (Å²) in [6.07, 6.45) is 7.36. The van der Waals surface area contributed by atoms with Gasteiger partial charge in [-0.25, -0.2) is 0 Å². The van der Waals surface area contributed by atoms with Crippen molar-refractivity contribution in [3.63, 3.8) is 0 Å². The van der Waals surface area contributed by atoms with E-state index in [0.717, 1.165) is 0 Å². The average molecular weight is 715 g/mol. The van der Waals surface area contributed by atoms with Gasteiger partial charge in [-0.15, -0.1) is 0 Å². The molecule has 0 amide bonds. The second-order valence-corrected chi connectivity index (χ2v) is 95.3. The van der Waals surface area contributed by atoms with Crippen LogP contribution in [0.25, 0.3) is 0 Å². The van der Waals surface area contributed by atoms with Crippen LogP contribution < -0.4 is 0 Å². The summed E-state index contributed by atoms with van der Waals surface area (Å²) >= 11 is 9.98. The van der Waals surface area contributed by atoms with E-state index in [1.165, 1.54) is 0 Å². The number of halogens is 4. The van der Waals surface area contributed by atoms with Crippen LogP contribution in [-0.2, 0) is 3.89 Å². The molecule has 13 heavy (non-hydrogen) atoms. The van der Waals surface area contributed by atoms with Crippen LogP contribution in [0.3, 0.4) is 0 Å². The van der Waals surface area contributed by atoms with Gasteiger partial charge in [0.1, 0.15) is 0 Å². The number of carbonyl (C=O) groups excluding carboxylic acids is 1. The van der Waals surface area contributed by atoms with Crippen molar-refractivity contribution in [1.82, 2.24) is 0 Å². The standard InChI is InChI=1S/C7H6O.4HI.Ru/c1-6-4-2-3-5-7(6)8;;;;;/h1-6H;4*1H;/q;;;;;+4/p-4. The van der Waals surface area contributed by atoms with Crippen LogP contribution in [0.1, 0.15) is 0 Å². The second-order valence-electron chi connectivity index (χ2n) is 2.40. The van der Waals surface area contributed by atoms with Crippen LogP contribution in [0.2, 0.25) is 0 Å². The van der Waals surface area contributed by atoms with Crippen LogP contribution in [0, 0.1) is 5.92 Å². The van der Waals surface area contributed by atoms with Gasteiger partial charge in [0, 0.05) is 0 Å². The van der Waals surface area contributed by atoms with E-state index in [1.54, 1.807) is 12.2 Å². The number of rotatable bonds is 1. The summed E-state index contributed by atoms with van der Waals surface area (Å²) < 4.78 is -0.0679. The quantitative estimate of drug-likeness (QED) is 0.295. The first-order valence-corrected chi connectivity index (χ1v) is 24.9. The van der Waals surface area contributed by atoms with Gasteiger partial charge in [-0.3, -0.25) is 0 Å². The minimum atomic E-state index is -2.29. The van der Waals surface area contributed by atoms with Gasteiger partial charge in [-0.05, 0) is 0 Å². The van der Waals surface area contributed by atoms with E-state index in [0.29, 0.717) is 0 Å². The normalized spacial score (nSPS) is 25.4. The molecular formula is C7H6I4ORu. The van der Waals surface area contributed by atoms with Crippen LogP contribution in [0.5, 0.6) is 0 Å². The average Bonchev–Trinajstić information content (AvgIpc) is 1.89. The van der Waals surface area contributed by atoms with Crippen molar-refractivity contribution in [2.24, 2.45) is 5.92 Å². The van der Waals surface area contributed by atoms with Gasteiger partial charge in [0.2, 0.25) is 0 Å².